The number of urea groups is 1. The van der Waals surface area contributed by atoms with E-state index in [-0.39, 0.29) is 17.4 Å². The highest BCUT2D eigenvalue weighted by atomic mass is 19.1. The highest BCUT2D eigenvalue weighted by molar-refractivity contribution is 5.86. The number of H-pyrrole nitrogens is 1. The number of carbonyl (C=O) groups excluding carboxylic acids is 1. The average Bonchev–Trinajstić information content (AvgIpc) is 3.10. The molecule has 0 aliphatic heterocycles. The molecule has 31 heavy (non-hydrogen) atoms. The van der Waals surface area contributed by atoms with Gasteiger partial charge in [-0.2, -0.15) is 0 Å². The number of aliphatic hydroxyl groups excluding tert-OH is 1. The molecule has 0 bridgehead atoms. The van der Waals surface area contributed by atoms with Crippen LogP contribution < -0.4 is 10.6 Å². The van der Waals surface area contributed by atoms with Gasteiger partial charge in [-0.25, -0.2) is 18.0 Å². The molecule has 4 N–H and O–H groups in total. The monoisotopic (exact) mass is 433 g/mol. The van der Waals surface area contributed by atoms with E-state index in [1.54, 1.807) is 25.1 Å². The quantitative estimate of drug-likeness (QED) is 0.470. The summed E-state index contributed by atoms with van der Waals surface area (Å²) in [6.07, 6.45) is 3.28. The first-order valence-electron chi connectivity index (χ1n) is 10.3. The number of hydrogen-bond donors (Lipinski definition) is 4. The van der Waals surface area contributed by atoms with Crippen molar-refractivity contribution in [1.82, 2.24) is 15.6 Å². The second kappa shape index (κ2) is 10.3. The molecule has 8 heteroatoms. The van der Waals surface area contributed by atoms with Gasteiger partial charge in [-0.15, -0.1) is 0 Å². The lowest BCUT2D eigenvalue weighted by Gasteiger charge is -2.25. The minimum atomic E-state index is -0.640. The Bertz CT molecular complexity index is 1010. The van der Waals surface area contributed by atoms with Crippen molar-refractivity contribution in [3.8, 4) is 11.3 Å². The fourth-order valence-electron chi connectivity index (χ4n) is 3.19. The lowest BCUT2D eigenvalue weighted by molar-refractivity contribution is 0.186. The Balaban J connectivity index is 0.000000187. The number of aromatic amines is 1. The molecule has 2 amide bonds. The van der Waals surface area contributed by atoms with E-state index in [1.807, 2.05) is 0 Å². The van der Waals surface area contributed by atoms with Gasteiger partial charge >= 0.3 is 6.03 Å². The molecule has 1 atom stereocenters. The van der Waals surface area contributed by atoms with Crippen molar-refractivity contribution in [3.05, 3.63) is 59.9 Å². The van der Waals surface area contributed by atoms with Gasteiger partial charge in [-0.1, -0.05) is 6.42 Å². The normalized spacial score (nSPS) is 14.4. The van der Waals surface area contributed by atoms with E-state index in [9.17, 15) is 18.0 Å². The number of benzene rings is 2. The van der Waals surface area contributed by atoms with Crippen LogP contribution in [0, 0.1) is 23.4 Å². The van der Waals surface area contributed by atoms with E-state index in [1.165, 1.54) is 37.5 Å². The zero-order chi connectivity index (χ0) is 22.4. The minimum absolute atomic E-state index is 0.173. The van der Waals surface area contributed by atoms with Gasteiger partial charge in [-0.3, -0.25) is 0 Å². The Kier molecular flexibility index (Phi) is 7.57. The van der Waals surface area contributed by atoms with Crippen LogP contribution in [-0.4, -0.2) is 35.3 Å². The largest absolute Gasteiger partial charge is 0.392 e. The summed E-state index contributed by atoms with van der Waals surface area (Å²) in [5.41, 5.74) is 1.58. The molecular formula is C23H26F3N3O2. The van der Waals surface area contributed by atoms with Crippen LogP contribution in [-0.2, 0) is 0 Å². The SMILES string of the molecule is CC(O)CNC(=O)NCC1CCC1.Fc1ccc(-c2cc3cc(F)cc(F)c3[nH]2)cc1. The topological polar surface area (TPSA) is 77.2 Å². The zero-order valence-electron chi connectivity index (χ0n) is 17.2. The predicted octanol–water partition coefficient (Wildman–Crippen LogP) is 4.72. The molecule has 1 unspecified atom stereocenters. The third-order valence-corrected chi connectivity index (χ3v) is 5.13. The van der Waals surface area contributed by atoms with Gasteiger partial charge in [-0.05, 0) is 67.6 Å². The maximum Gasteiger partial charge on any atom is 0.314 e. The second-order valence-electron chi connectivity index (χ2n) is 7.78. The smallest absolute Gasteiger partial charge is 0.314 e. The number of halogens is 3. The molecule has 0 saturated heterocycles. The van der Waals surface area contributed by atoms with Gasteiger partial charge < -0.3 is 20.7 Å². The molecule has 1 saturated carbocycles. The Hall–Kier alpha value is -3.00. The molecule has 1 aromatic heterocycles. The summed E-state index contributed by atoms with van der Waals surface area (Å²) in [7, 11) is 0. The number of aromatic nitrogens is 1. The standard InChI is InChI=1S/C14H8F3N.C9H18N2O2/c15-10-3-1-8(2-4-10)13-6-9-5-11(16)7-12(17)14(9)18-13;1-7(12)5-10-9(13)11-6-8-3-2-4-8/h1-7,18H;7-8,12H,2-6H2,1H3,(H2,10,11,13). The molecular weight excluding hydrogens is 407 g/mol. The Morgan fingerprint density at radius 3 is 2.42 bits per heavy atom. The van der Waals surface area contributed by atoms with Crippen LogP contribution in [0.15, 0.2) is 42.5 Å². The van der Waals surface area contributed by atoms with Crippen LogP contribution in [0.25, 0.3) is 22.2 Å². The van der Waals surface area contributed by atoms with Crippen molar-refractivity contribution in [2.45, 2.75) is 32.3 Å². The van der Waals surface area contributed by atoms with Crippen LogP contribution in [0.3, 0.4) is 0 Å². The summed E-state index contributed by atoms with van der Waals surface area (Å²) >= 11 is 0. The number of fused-ring (bicyclic) bond motifs is 1. The second-order valence-corrected chi connectivity index (χ2v) is 7.78. The molecule has 4 rings (SSSR count). The van der Waals surface area contributed by atoms with Crippen LogP contribution in [0.4, 0.5) is 18.0 Å². The fourth-order valence-corrected chi connectivity index (χ4v) is 3.19. The number of hydrogen-bond acceptors (Lipinski definition) is 2. The number of carbonyl (C=O) groups is 1. The van der Waals surface area contributed by atoms with E-state index < -0.39 is 17.7 Å². The van der Waals surface area contributed by atoms with Gasteiger partial charge in [0.25, 0.3) is 0 Å². The van der Waals surface area contributed by atoms with Crippen molar-refractivity contribution in [1.29, 1.82) is 0 Å². The molecule has 166 valence electrons. The van der Waals surface area contributed by atoms with Gasteiger partial charge in [0.15, 0.2) is 0 Å². The molecule has 1 aliphatic carbocycles. The van der Waals surface area contributed by atoms with Crippen molar-refractivity contribution in [2.24, 2.45) is 5.92 Å². The Morgan fingerprint density at radius 2 is 1.81 bits per heavy atom. The number of rotatable bonds is 5. The van der Waals surface area contributed by atoms with Crippen LogP contribution in [0.5, 0.6) is 0 Å². The summed E-state index contributed by atoms with van der Waals surface area (Å²) in [5, 5.41) is 14.7. The Morgan fingerprint density at radius 1 is 1.10 bits per heavy atom. The lowest BCUT2D eigenvalue weighted by Crippen LogP contribution is -2.41. The maximum atomic E-state index is 13.5. The Labute approximate surface area is 178 Å². The van der Waals surface area contributed by atoms with Gasteiger partial charge in [0.05, 0.1) is 11.6 Å². The summed E-state index contributed by atoms with van der Waals surface area (Å²) in [5.74, 6) is -0.924. The van der Waals surface area contributed by atoms with E-state index in [4.69, 9.17) is 5.11 Å². The van der Waals surface area contributed by atoms with Gasteiger partial charge in [0, 0.05) is 30.2 Å². The first kappa shape index (κ1) is 22.7. The third kappa shape index (κ3) is 6.49. The first-order valence-corrected chi connectivity index (χ1v) is 10.3. The van der Waals surface area contributed by atoms with Gasteiger partial charge in [0.2, 0.25) is 0 Å². The van der Waals surface area contributed by atoms with Gasteiger partial charge in [0.1, 0.15) is 17.5 Å². The fraction of sp³-hybridized carbons (Fsp3) is 0.348. The van der Waals surface area contributed by atoms with Crippen LogP contribution >= 0.6 is 0 Å². The first-order chi connectivity index (χ1) is 14.8. The number of aliphatic hydroxyl groups is 1. The summed E-state index contributed by atoms with van der Waals surface area (Å²) < 4.78 is 39.4. The van der Waals surface area contributed by atoms with E-state index in [0.717, 1.165) is 12.6 Å². The molecule has 0 spiro atoms. The summed E-state index contributed by atoms with van der Waals surface area (Å²) in [6, 6.07) is 9.33. The van der Waals surface area contributed by atoms with Crippen molar-refractivity contribution >= 4 is 16.9 Å². The third-order valence-electron chi connectivity index (χ3n) is 5.13. The van der Waals surface area contributed by atoms with E-state index >= 15 is 0 Å². The van der Waals surface area contributed by atoms with Crippen molar-refractivity contribution < 1.29 is 23.1 Å². The number of amides is 2. The number of nitrogens with one attached hydrogen (secondary N) is 3. The van der Waals surface area contributed by atoms with Crippen LogP contribution in [0.1, 0.15) is 26.2 Å². The zero-order valence-corrected chi connectivity index (χ0v) is 17.2. The molecule has 3 aromatic rings. The highest BCUT2D eigenvalue weighted by Gasteiger charge is 2.17. The molecule has 2 aromatic carbocycles. The summed E-state index contributed by atoms with van der Waals surface area (Å²) in [6.45, 7) is 2.73. The van der Waals surface area contributed by atoms with Crippen LogP contribution in [0.2, 0.25) is 0 Å². The lowest BCUT2D eigenvalue weighted by atomic mass is 9.85. The highest BCUT2D eigenvalue weighted by Crippen LogP contribution is 2.27. The summed E-state index contributed by atoms with van der Waals surface area (Å²) in [4.78, 5) is 13.9. The van der Waals surface area contributed by atoms with Crippen molar-refractivity contribution in [2.75, 3.05) is 13.1 Å². The molecule has 1 aliphatic rings. The van der Waals surface area contributed by atoms with Crippen molar-refractivity contribution in [3.63, 3.8) is 0 Å². The molecule has 1 fully saturated rings. The molecule has 0 radical (unpaired) electrons. The minimum Gasteiger partial charge on any atom is -0.392 e. The molecule has 5 nitrogen and oxygen atoms in total. The maximum absolute atomic E-state index is 13.5. The molecule has 1 heterocycles. The average molecular weight is 433 g/mol. The van der Waals surface area contributed by atoms with E-state index in [2.05, 4.69) is 15.6 Å². The predicted molar refractivity (Wildman–Crippen MR) is 114 cm³/mol. The van der Waals surface area contributed by atoms with E-state index in [0.29, 0.717) is 29.1 Å².